The molecule has 2 heterocycles. The number of aromatic carboxylic acids is 1. The van der Waals surface area contributed by atoms with Gasteiger partial charge in [-0.05, 0) is 33.8 Å². The lowest BCUT2D eigenvalue weighted by atomic mass is 10.1. The Kier molecular flexibility index (Phi) is 4.86. The fourth-order valence-electron chi connectivity index (χ4n) is 3.43. The van der Waals surface area contributed by atoms with Gasteiger partial charge in [0.05, 0.1) is 31.4 Å². The molecule has 25 heavy (non-hydrogen) atoms. The lowest BCUT2D eigenvalue weighted by Crippen LogP contribution is -2.52. The van der Waals surface area contributed by atoms with Crippen molar-refractivity contribution in [2.45, 2.75) is 52.1 Å². The molecule has 0 radical (unpaired) electrons. The highest BCUT2D eigenvalue weighted by atomic mass is 16.7. The van der Waals surface area contributed by atoms with Crippen LogP contribution in [-0.4, -0.2) is 46.7 Å². The van der Waals surface area contributed by atoms with E-state index < -0.39 is 5.97 Å². The van der Waals surface area contributed by atoms with E-state index in [9.17, 15) is 9.90 Å². The zero-order chi connectivity index (χ0) is 18.2. The molecule has 0 bridgehead atoms. The van der Waals surface area contributed by atoms with Crippen molar-refractivity contribution in [3.63, 3.8) is 0 Å². The molecule has 1 fully saturated rings. The quantitative estimate of drug-likeness (QED) is 0.891. The average molecular weight is 346 g/mol. The minimum absolute atomic E-state index is 0.00777. The summed E-state index contributed by atoms with van der Waals surface area (Å²) >= 11 is 0. The maximum atomic E-state index is 11.6. The highest BCUT2D eigenvalue weighted by molar-refractivity contribution is 6.05. The van der Waals surface area contributed by atoms with Crippen molar-refractivity contribution in [1.82, 2.24) is 9.88 Å². The predicted octanol–water partition coefficient (Wildman–Crippen LogP) is 2.78. The Balaban J connectivity index is 1.76. The summed E-state index contributed by atoms with van der Waals surface area (Å²) in [5, 5.41) is 13.8. The average Bonchev–Trinajstić information content (AvgIpc) is 2.80. The van der Waals surface area contributed by atoms with Gasteiger partial charge in [0.2, 0.25) is 0 Å². The molecule has 0 saturated carbocycles. The number of rotatable bonds is 4. The molecule has 1 aromatic carbocycles. The first-order valence-corrected chi connectivity index (χ1v) is 8.58. The number of carboxylic acid groups (broad SMARTS) is 1. The molecule has 0 atom stereocenters. The molecule has 2 N–H and O–H groups in total. The number of carboxylic acids is 1. The number of hydrogen-bond acceptors (Lipinski definition) is 4. The second kappa shape index (κ2) is 6.78. The third kappa shape index (κ3) is 3.86. The molecule has 0 spiro atoms. The number of fused-ring (bicyclic) bond motifs is 1. The molecule has 6 nitrogen and oxygen atoms in total. The van der Waals surface area contributed by atoms with Gasteiger partial charge >= 0.3 is 5.97 Å². The van der Waals surface area contributed by atoms with E-state index in [-0.39, 0.29) is 17.9 Å². The maximum Gasteiger partial charge on any atom is 0.338 e. The summed E-state index contributed by atoms with van der Waals surface area (Å²) in [6.07, 6.45) is -0.380. The van der Waals surface area contributed by atoms with Gasteiger partial charge in [-0.25, -0.2) is 4.79 Å². The van der Waals surface area contributed by atoms with Gasteiger partial charge < -0.3 is 24.5 Å². The van der Waals surface area contributed by atoms with Crippen LogP contribution >= 0.6 is 0 Å². The van der Waals surface area contributed by atoms with E-state index in [4.69, 9.17) is 9.47 Å². The number of ether oxygens (including phenoxy) is 2. The standard InChI is InChI=1S/C19H26N2O4/c1-12-17(18(22)23)14-7-5-6-8-15(14)21(12)9-16-24-10-13(11-25-16)20-19(2,3)4/h5-8,13,16,20H,9-11H2,1-4H3,(H,22,23). The normalized spacial score (nSPS) is 21.6. The molecule has 0 amide bonds. The molecule has 1 aliphatic heterocycles. The van der Waals surface area contributed by atoms with Gasteiger partial charge in [0.15, 0.2) is 6.29 Å². The molecule has 1 aromatic heterocycles. The van der Waals surface area contributed by atoms with Crippen molar-refractivity contribution in [3.05, 3.63) is 35.5 Å². The van der Waals surface area contributed by atoms with Crippen molar-refractivity contribution < 1.29 is 19.4 Å². The maximum absolute atomic E-state index is 11.6. The van der Waals surface area contributed by atoms with Crippen LogP contribution in [0.4, 0.5) is 0 Å². The lowest BCUT2D eigenvalue weighted by molar-refractivity contribution is -0.197. The fourth-order valence-corrected chi connectivity index (χ4v) is 3.43. The third-order valence-corrected chi connectivity index (χ3v) is 4.38. The first-order chi connectivity index (χ1) is 11.8. The first-order valence-electron chi connectivity index (χ1n) is 8.58. The number of carbonyl (C=O) groups is 1. The van der Waals surface area contributed by atoms with E-state index in [0.29, 0.717) is 25.3 Å². The number of nitrogens with one attached hydrogen (secondary N) is 1. The molecule has 2 aromatic rings. The summed E-state index contributed by atoms with van der Waals surface area (Å²) < 4.78 is 13.7. The van der Waals surface area contributed by atoms with Gasteiger partial charge in [0.25, 0.3) is 0 Å². The zero-order valence-electron chi connectivity index (χ0n) is 15.2. The van der Waals surface area contributed by atoms with Crippen LogP contribution in [-0.2, 0) is 16.0 Å². The first kappa shape index (κ1) is 17.9. The van der Waals surface area contributed by atoms with Crippen molar-refractivity contribution >= 4 is 16.9 Å². The Bertz CT molecular complexity index is 768. The summed E-state index contributed by atoms with van der Waals surface area (Å²) in [7, 11) is 0. The molecular weight excluding hydrogens is 320 g/mol. The van der Waals surface area contributed by atoms with Crippen LogP contribution in [0.2, 0.25) is 0 Å². The molecule has 6 heteroatoms. The van der Waals surface area contributed by atoms with Crippen LogP contribution in [0.15, 0.2) is 24.3 Å². The molecule has 1 aliphatic rings. The van der Waals surface area contributed by atoms with Crippen LogP contribution in [0, 0.1) is 6.92 Å². The van der Waals surface area contributed by atoms with Gasteiger partial charge in [-0.1, -0.05) is 18.2 Å². The SMILES string of the molecule is Cc1c(C(=O)O)c2ccccc2n1CC1OCC(NC(C)(C)C)CO1. The van der Waals surface area contributed by atoms with Crippen LogP contribution in [0.3, 0.4) is 0 Å². The third-order valence-electron chi connectivity index (χ3n) is 4.38. The van der Waals surface area contributed by atoms with Crippen molar-refractivity contribution in [3.8, 4) is 0 Å². The van der Waals surface area contributed by atoms with E-state index in [1.807, 2.05) is 35.8 Å². The molecule has 3 rings (SSSR count). The Morgan fingerprint density at radius 2 is 1.92 bits per heavy atom. The van der Waals surface area contributed by atoms with Crippen molar-refractivity contribution in [1.29, 1.82) is 0 Å². The van der Waals surface area contributed by atoms with E-state index >= 15 is 0 Å². The molecule has 0 unspecified atom stereocenters. The van der Waals surface area contributed by atoms with Crippen molar-refractivity contribution in [2.75, 3.05) is 13.2 Å². The largest absolute Gasteiger partial charge is 0.478 e. The predicted molar refractivity (Wildman–Crippen MR) is 96.0 cm³/mol. The minimum atomic E-state index is -0.910. The van der Waals surface area contributed by atoms with E-state index in [2.05, 4.69) is 26.1 Å². The highest BCUT2D eigenvalue weighted by Gasteiger charge is 2.27. The summed E-state index contributed by atoms with van der Waals surface area (Å²) in [6, 6.07) is 7.70. The zero-order valence-corrected chi connectivity index (χ0v) is 15.2. The van der Waals surface area contributed by atoms with Gasteiger partial charge in [0.1, 0.15) is 0 Å². The Labute approximate surface area is 147 Å². The van der Waals surface area contributed by atoms with E-state index in [0.717, 1.165) is 16.6 Å². The monoisotopic (exact) mass is 346 g/mol. The smallest absolute Gasteiger partial charge is 0.338 e. The van der Waals surface area contributed by atoms with Gasteiger partial charge in [0, 0.05) is 22.1 Å². The van der Waals surface area contributed by atoms with Crippen LogP contribution < -0.4 is 5.32 Å². The summed E-state index contributed by atoms with van der Waals surface area (Å²) in [5.74, 6) is -0.910. The Morgan fingerprint density at radius 3 is 2.52 bits per heavy atom. The van der Waals surface area contributed by atoms with Crippen LogP contribution in [0.5, 0.6) is 0 Å². The van der Waals surface area contributed by atoms with Gasteiger partial charge in [-0.15, -0.1) is 0 Å². The minimum Gasteiger partial charge on any atom is -0.478 e. The Hall–Kier alpha value is -1.89. The fraction of sp³-hybridized carbons (Fsp3) is 0.526. The number of nitrogens with zero attached hydrogens (tertiary/aromatic N) is 1. The topological polar surface area (TPSA) is 72.7 Å². The molecule has 0 aliphatic carbocycles. The lowest BCUT2D eigenvalue weighted by Gasteiger charge is -2.34. The van der Waals surface area contributed by atoms with Crippen LogP contribution in [0.1, 0.15) is 36.8 Å². The van der Waals surface area contributed by atoms with Crippen molar-refractivity contribution in [2.24, 2.45) is 0 Å². The van der Waals surface area contributed by atoms with E-state index in [1.165, 1.54) is 0 Å². The number of benzene rings is 1. The number of aromatic nitrogens is 1. The van der Waals surface area contributed by atoms with Gasteiger partial charge in [-0.3, -0.25) is 0 Å². The second-order valence-corrected chi connectivity index (χ2v) is 7.58. The summed E-state index contributed by atoms with van der Waals surface area (Å²) in [6.45, 7) is 9.79. The molecular formula is C19H26N2O4. The van der Waals surface area contributed by atoms with Gasteiger partial charge in [-0.2, -0.15) is 0 Å². The molecule has 1 saturated heterocycles. The van der Waals surface area contributed by atoms with E-state index in [1.54, 1.807) is 0 Å². The summed E-state index contributed by atoms with van der Waals surface area (Å²) in [4.78, 5) is 11.6. The summed E-state index contributed by atoms with van der Waals surface area (Å²) in [5.41, 5.74) is 1.96. The number of hydrogen-bond donors (Lipinski definition) is 2. The number of para-hydroxylation sites is 1. The van der Waals surface area contributed by atoms with Crippen LogP contribution in [0.25, 0.3) is 10.9 Å². The highest BCUT2D eigenvalue weighted by Crippen LogP contribution is 2.27. The Morgan fingerprint density at radius 1 is 1.28 bits per heavy atom. The second-order valence-electron chi connectivity index (χ2n) is 7.58. The molecule has 136 valence electrons.